The second-order valence-electron chi connectivity index (χ2n) is 4.69. The van der Waals surface area contributed by atoms with Crippen molar-refractivity contribution < 1.29 is 4.79 Å². The molecular weight excluding hydrogens is 272 g/mol. The van der Waals surface area contributed by atoms with E-state index in [1.54, 1.807) is 12.4 Å². The van der Waals surface area contributed by atoms with E-state index in [-0.39, 0.29) is 5.91 Å². The van der Waals surface area contributed by atoms with Crippen LogP contribution in [0.25, 0.3) is 0 Å². The van der Waals surface area contributed by atoms with Crippen molar-refractivity contribution >= 4 is 28.6 Å². The summed E-state index contributed by atoms with van der Waals surface area (Å²) in [5.41, 5.74) is 7.63. The number of carbonyl (C=O) groups excluding carboxylic acids is 1. The lowest BCUT2D eigenvalue weighted by Crippen LogP contribution is -2.48. The van der Waals surface area contributed by atoms with Crippen molar-refractivity contribution in [3.8, 4) is 0 Å². The van der Waals surface area contributed by atoms with Gasteiger partial charge in [0, 0.05) is 32.4 Å². The van der Waals surface area contributed by atoms with E-state index in [2.05, 4.69) is 9.88 Å². The van der Waals surface area contributed by atoms with Gasteiger partial charge < -0.3 is 15.5 Å². The molecule has 3 heterocycles. The molecule has 104 valence electrons. The van der Waals surface area contributed by atoms with Crippen molar-refractivity contribution in [2.75, 3.05) is 36.8 Å². The van der Waals surface area contributed by atoms with Crippen LogP contribution in [0.3, 0.4) is 0 Å². The third-order valence-electron chi connectivity index (χ3n) is 3.47. The first-order valence-corrected chi connectivity index (χ1v) is 7.41. The summed E-state index contributed by atoms with van der Waals surface area (Å²) in [4.78, 5) is 21.2. The van der Waals surface area contributed by atoms with E-state index < -0.39 is 0 Å². The first-order valence-electron chi connectivity index (χ1n) is 6.53. The number of nitrogen functional groups attached to an aromatic ring is 1. The Bertz CT molecular complexity index is 591. The number of aromatic nitrogens is 1. The van der Waals surface area contributed by atoms with Gasteiger partial charge in [-0.3, -0.25) is 9.78 Å². The predicted octanol–water partition coefficient (Wildman–Crippen LogP) is 1.69. The fourth-order valence-electron chi connectivity index (χ4n) is 2.39. The number of piperazine rings is 1. The van der Waals surface area contributed by atoms with E-state index >= 15 is 0 Å². The highest BCUT2D eigenvalue weighted by atomic mass is 32.1. The van der Waals surface area contributed by atoms with Crippen molar-refractivity contribution in [2.45, 2.75) is 0 Å². The molecule has 0 spiro atoms. The Kier molecular flexibility index (Phi) is 3.56. The molecule has 0 atom stereocenters. The number of amides is 1. The molecular formula is C14H16N4OS. The molecule has 1 aliphatic heterocycles. The maximum absolute atomic E-state index is 12.3. The fraction of sp³-hybridized carbons (Fsp3) is 0.286. The number of rotatable bonds is 2. The highest BCUT2D eigenvalue weighted by Gasteiger charge is 2.23. The zero-order valence-electron chi connectivity index (χ0n) is 11.0. The average molecular weight is 288 g/mol. The Morgan fingerprint density at radius 2 is 2.05 bits per heavy atom. The van der Waals surface area contributed by atoms with Gasteiger partial charge in [0.2, 0.25) is 0 Å². The van der Waals surface area contributed by atoms with Crippen LogP contribution in [0.2, 0.25) is 0 Å². The van der Waals surface area contributed by atoms with Gasteiger partial charge in [0.15, 0.2) is 0 Å². The quantitative estimate of drug-likeness (QED) is 0.913. The maximum Gasteiger partial charge on any atom is 0.264 e. The van der Waals surface area contributed by atoms with Crippen LogP contribution >= 0.6 is 11.3 Å². The summed E-state index contributed by atoms with van der Waals surface area (Å²) >= 11 is 1.49. The third kappa shape index (κ3) is 2.46. The molecule has 20 heavy (non-hydrogen) atoms. The molecule has 0 saturated carbocycles. The van der Waals surface area contributed by atoms with E-state index in [0.717, 1.165) is 36.7 Å². The van der Waals surface area contributed by atoms with Gasteiger partial charge in [-0.1, -0.05) is 6.07 Å². The van der Waals surface area contributed by atoms with Gasteiger partial charge >= 0.3 is 0 Å². The molecule has 6 heteroatoms. The molecule has 2 aromatic rings. The number of hydrogen-bond acceptors (Lipinski definition) is 5. The number of hydrogen-bond donors (Lipinski definition) is 1. The van der Waals surface area contributed by atoms with E-state index in [1.165, 1.54) is 11.3 Å². The molecule has 0 radical (unpaired) electrons. The molecule has 0 unspecified atom stereocenters. The van der Waals surface area contributed by atoms with Crippen molar-refractivity contribution in [3.05, 3.63) is 40.8 Å². The third-order valence-corrected chi connectivity index (χ3v) is 4.33. The maximum atomic E-state index is 12.3. The van der Waals surface area contributed by atoms with E-state index in [0.29, 0.717) is 5.69 Å². The van der Waals surface area contributed by atoms with Crippen LogP contribution in [0.1, 0.15) is 9.67 Å². The summed E-state index contributed by atoms with van der Waals surface area (Å²) in [5, 5.41) is 1.93. The van der Waals surface area contributed by atoms with Crippen molar-refractivity contribution in [1.82, 2.24) is 9.88 Å². The SMILES string of the molecule is Nc1cnccc1N1CCN(C(=O)c2cccs2)CC1. The number of nitrogens with zero attached hydrogens (tertiary/aromatic N) is 3. The minimum Gasteiger partial charge on any atom is -0.396 e. The Balaban J connectivity index is 1.65. The minimum absolute atomic E-state index is 0.127. The van der Waals surface area contributed by atoms with Crippen molar-refractivity contribution in [3.63, 3.8) is 0 Å². The lowest BCUT2D eigenvalue weighted by molar-refractivity contribution is 0.0751. The second kappa shape index (κ2) is 5.50. The minimum atomic E-state index is 0.127. The summed E-state index contributed by atoms with van der Waals surface area (Å²) in [6.45, 7) is 3.04. The van der Waals surface area contributed by atoms with Crippen LogP contribution in [0, 0.1) is 0 Å². The topological polar surface area (TPSA) is 62.5 Å². The monoisotopic (exact) mass is 288 g/mol. The average Bonchev–Trinajstić information content (AvgIpc) is 3.01. The molecule has 2 aromatic heterocycles. The summed E-state index contributed by atoms with van der Waals surface area (Å²) in [5.74, 6) is 0.127. The fourth-order valence-corrected chi connectivity index (χ4v) is 3.08. The number of thiophene rings is 1. The summed E-state index contributed by atoms with van der Waals surface area (Å²) in [7, 11) is 0. The van der Waals surface area contributed by atoms with Gasteiger partial charge in [-0.2, -0.15) is 0 Å². The molecule has 0 aliphatic carbocycles. The molecule has 0 aromatic carbocycles. The summed E-state index contributed by atoms with van der Waals surface area (Å²) in [6, 6.07) is 5.71. The standard InChI is InChI=1S/C14H16N4OS/c15-11-10-16-4-3-12(11)17-5-7-18(8-6-17)14(19)13-2-1-9-20-13/h1-4,9-10H,5-8,15H2. The predicted molar refractivity (Wildman–Crippen MR) is 81.1 cm³/mol. The van der Waals surface area contributed by atoms with E-state index in [9.17, 15) is 4.79 Å². The Hall–Kier alpha value is -2.08. The summed E-state index contributed by atoms with van der Waals surface area (Å²) < 4.78 is 0. The van der Waals surface area contributed by atoms with Gasteiger partial charge in [0.25, 0.3) is 5.91 Å². The highest BCUT2D eigenvalue weighted by Crippen LogP contribution is 2.23. The number of pyridine rings is 1. The van der Waals surface area contributed by atoms with E-state index in [4.69, 9.17) is 5.73 Å². The molecule has 0 bridgehead atoms. The van der Waals surface area contributed by atoms with Gasteiger partial charge in [0.05, 0.1) is 22.4 Å². The Morgan fingerprint density at radius 3 is 2.70 bits per heavy atom. The molecule has 1 aliphatic rings. The smallest absolute Gasteiger partial charge is 0.264 e. The van der Waals surface area contributed by atoms with Gasteiger partial charge in [-0.15, -0.1) is 11.3 Å². The number of anilines is 2. The lowest BCUT2D eigenvalue weighted by atomic mass is 10.2. The van der Waals surface area contributed by atoms with Crippen molar-refractivity contribution in [1.29, 1.82) is 0 Å². The van der Waals surface area contributed by atoms with Crippen molar-refractivity contribution in [2.24, 2.45) is 0 Å². The molecule has 1 fully saturated rings. The molecule has 3 rings (SSSR count). The van der Waals surface area contributed by atoms with Gasteiger partial charge in [-0.25, -0.2) is 0 Å². The highest BCUT2D eigenvalue weighted by molar-refractivity contribution is 7.12. The normalized spacial score (nSPS) is 15.4. The molecule has 5 nitrogen and oxygen atoms in total. The van der Waals surface area contributed by atoms with Crippen LogP contribution in [-0.2, 0) is 0 Å². The molecule has 2 N–H and O–H groups in total. The zero-order chi connectivity index (χ0) is 13.9. The molecule has 1 amide bonds. The van der Waals surface area contributed by atoms with Gasteiger partial charge in [0.1, 0.15) is 0 Å². The van der Waals surface area contributed by atoms with Crippen LogP contribution in [0.5, 0.6) is 0 Å². The zero-order valence-corrected chi connectivity index (χ0v) is 11.8. The second-order valence-corrected chi connectivity index (χ2v) is 5.64. The first kappa shape index (κ1) is 12.9. The number of carbonyl (C=O) groups is 1. The Labute approximate surface area is 121 Å². The lowest BCUT2D eigenvalue weighted by Gasteiger charge is -2.36. The first-order chi connectivity index (χ1) is 9.75. The van der Waals surface area contributed by atoms with Crippen LogP contribution < -0.4 is 10.6 Å². The number of nitrogens with two attached hydrogens (primary N) is 1. The van der Waals surface area contributed by atoms with Gasteiger partial charge in [-0.05, 0) is 17.5 Å². The Morgan fingerprint density at radius 1 is 1.25 bits per heavy atom. The largest absolute Gasteiger partial charge is 0.396 e. The molecule has 1 saturated heterocycles. The van der Waals surface area contributed by atoms with Crippen LogP contribution in [-0.4, -0.2) is 42.0 Å². The van der Waals surface area contributed by atoms with Crippen LogP contribution in [0.15, 0.2) is 36.0 Å². The summed E-state index contributed by atoms with van der Waals surface area (Å²) in [6.07, 6.45) is 3.41. The van der Waals surface area contributed by atoms with Crippen LogP contribution in [0.4, 0.5) is 11.4 Å². The van der Waals surface area contributed by atoms with E-state index in [1.807, 2.05) is 28.5 Å².